The third-order valence-corrected chi connectivity index (χ3v) is 9.53. The average molecular weight is 381 g/mol. The van der Waals surface area contributed by atoms with Crippen molar-refractivity contribution in [3.63, 3.8) is 0 Å². The monoisotopic (exact) mass is 380 g/mol. The number of aryl methyl sites for hydroxylation is 1. The van der Waals surface area contributed by atoms with Gasteiger partial charge in [0.1, 0.15) is 0 Å². The molecule has 4 saturated carbocycles. The Hall–Kier alpha value is -1.38. The molecule has 0 aromatic carbocycles. The highest BCUT2D eigenvalue weighted by molar-refractivity contribution is 6.05. The molecule has 28 heavy (non-hydrogen) atoms. The van der Waals surface area contributed by atoms with Crippen molar-refractivity contribution in [2.24, 2.45) is 34.5 Å². The molecule has 4 aliphatic carbocycles. The van der Waals surface area contributed by atoms with E-state index in [2.05, 4.69) is 31.9 Å². The number of hydrogen-bond donors (Lipinski definition) is 0. The number of nitrogens with zero attached hydrogens (tertiary/aromatic N) is 2. The summed E-state index contributed by atoms with van der Waals surface area (Å²) in [4.78, 5) is 13.5. The highest BCUT2D eigenvalue weighted by Gasteiger charge is 2.60. The van der Waals surface area contributed by atoms with E-state index in [-0.39, 0.29) is 5.41 Å². The standard InChI is InChI=1S/C25H36N2O/c1-4-27-14-11-19(26-27)15-17-16-22-20-9-8-18-7-5-6-12-24(18,2)21(20)10-13-25(22,3)23(17)28/h11,14-15,18,20-22H,4-10,12-13,16H2,1-3H3/b17-15+/t18-,20-,21+,22+,24-,25-/m0/s1. The zero-order valence-electron chi connectivity index (χ0n) is 17.9. The molecule has 0 bridgehead atoms. The van der Waals surface area contributed by atoms with Crippen molar-refractivity contribution in [2.75, 3.05) is 0 Å². The van der Waals surface area contributed by atoms with Gasteiger partial charge in [0.25, 0.3) is 0 Å². The van der Waals surface area contributed by atoms with E-state index in [0.717, 1.165) is 48.4 Å². The lowest BCUT2D eigenvalue weighted by Gasteiger charge is -2.59. The topological polar surface area (TPSA) is 34.9 Å². The van der Waals surface area contributed by atoms with Crippen molar-refractivity contribution in [2.45, 2.75) is 85.1 Å². The van der Waals surface area contributed by atoms with Gasteiger partial charge in [0.15, 0.2) is 5.78 Å². The van der Waals surface area contributed by atoms with Crippen molar-refractivity contribution in [3.8, 4) is 0 Å². The lowest BCUT2D eigenvalue weighted by Crippen LogP contribution is -2.52. The van der Waals surface area contributed by atoms with Crippen LogP contribution in [0.5, 0.6) is 0 Å². The molecule has 0 spiro atoms. The number of rotatable bonds is 2. The first-order valence-electron chi connectivity index (χ1n) is 11.7. The molecule has 1 aromatic heterocycles. The first-order chi connectivity index (χ1) is 13.5. The van der Waals surface area contributed by atoms with Crippen molar-refractivity contribution in [1.29, 1.82) is 0 Å². The molecule has 0 aliphatic heterocycles. The van der Waals surface area contributed by atoms with Crippen LogP contribution in [0.3, 0.4) is 0 Å². The Balaban J connectivity index is 1.45. The van der Waals surface area contributed by atoms with Crippen LogP contribution in [0, 0.1) is 34.5 Å². The van der Waals surface area contributed by atoms with Crippen LogP contribution in [0.15, 0.2) is 17.8 Å². The van der Waals surface area contributed by atoms with E-state index in [1.54, 1.807) is 0 Å². The van der Waals surface area contributed by atoms with E-state index < -0.39 is 0 Å². The number of allylic oxidation sites excluding steroid dienone is 1. The number of carbonyl (C=O) groups excluding carboxylic acids is 1. The molecule has 6 atom stereocenters. The Labute approximate surface area is 170 Å². The number of carbonyl (C=O) groups is 1. The van der Waals surface area contributed by atoms with Crippen LogP contribution < -0.4 is 0 Å². The minimum Gasteiger partial charge on any atom is -0.294 e. The fourth-order valence-electron chi connectivity index (χ4n) is 7.90. The van der Waals surface area contributed by atoms with Gasteiger partial charge in [0.2, 0.25) is 0 Å². The molecule has 0 amide bonds. The smallest absolute Gasteiger partial charge is 0.165 e. The summed E-state index contributed by atoms with van der Waals surface area (Å²) < 4.78 is 1.95. The molecule has 3 heteroatoms. The molecule has 0 N–H and O–H groups in total. The van der Waals surface area contributed by atoms with Crippen LogP contribution in [-0.4, -0.2) is 15.6 Å². The van der Waals surface area contributed by atoms with Gasteiger partial charge in [-0.3, -0.25) is 9.48 Å². The van der Waals surface area contributed by atoms with E-state index in [0.29, 0.717) is 17.1 Å². The maximum atomic E-state index is 13.5. The third kappa shape index (κ3) is 2.60. The van der Waals surface area contributed by atoms with E-state index in [1.807, 2.05) is 16.9 Å². The lowest BCUT2D eigenvalue weighted by molar-refractivity contribution is -0.137. The predicted octanol–water partition coefficient (Wildman–Crippen LogP) is 5.90. The molecule has 4 aliphatic rings. The highest BCUT2D eigenvalue weighted by Crippen LogP contribution is 2.66. The van der Waals surface area contributed by atoms with Gasteiger partial charge in [-0.1, -0.05) is 26.7 Å². The Kier molecular flexibility index (Phi) is 4.37. The first-order valence-corrected chi connectivity index (χ1v) is 11.7. The minimum atomic E-state index is -0.127. The van der Waals surface area contributed by atoms with Crippen LogP contribution >= 0.6 is 0 Å². The Morgan fingerprint density at radius 3 is 2.79 bits per heavy atom. The summed E-state index contributed by atoms with van der Waals surface area (Å²) in [5, 5.41) is 4.60. The highest BCUT2D eigenvalue weighted by atomic mass is 16.1. The quantitative estimate of drug-likeness (QED) is 0.599. The summed E-state index contributed by atoms with van der Waals surface area (Å²) in [6, 6.07) is 2.05. The van der Waals surface area contributed by atoms with Gasteiger partial charge in [-0.25, -0.2) is 0 Å². The number of Topliss-reactive ketones (excluding diaryl/α,β-unsaturated/α-hetero) is 1. The Bertz CT molecular complexity index is 807. The van der Waals surface area contributed by atoms with Gasteiger partial charge in [0.05, 0.1) is 5.69 Å². The zero-order chi connectivity index (χ0) is 19.5. The van der Waals surface area contributed by atoms with Gasteiger partial charge in [-0.05, 0) is 98.7 Å². The van der Waals surface area contributed by atoms with Gasteiger partial charge < -0.3 is 0 Å². The second kappa shape index (κ2) is 6.57. The molecule has 3 nitrogen and oxygen atoms in total. The maximum absolute atomic E-state index is 13.5. The summed E-state index contributed by atoms with van der Waals surface area (Å²) in [6.45, 7) is 7.88. The van der Waals surface area contributed by atoms with Gasteiger partial charge >= 0.3 is 0 Å². The van der Waals surface area contributed by atoms with Crippen LogP contribution in [0.1, 0.15) is 84.3 Å². The predicted molar refractivity (Wildman–Crippen MR) is 113 cm³/mol. The molecule has 0 unspecified atom stereocenters. The van der Waals surface area contributed by atoms with Crippen molar-refractivity contribution in [3.05, 3.63) is 23.5 Å². The summed E-state index contributed by atoms with van der Waals surface area (Å²) in [7, 11) is 0. The molecular weight excluding hydrogens is 344 g/mol. The van der Waals surface area contributed by atoms with E-state index in [1.165, 1.54) is 44.9 Å². The van der Waals surface area contributed by atoms with Gasteiger partial charge in [0, 0.05) is 18.2 Å². The molecule has 4 fully saturated rings. The van der Waals surface area contributed by atoms with E-state index in [4.69, 9.17) is 0 Å². The minimum absolute atomic E-state index is 0.127. The number of ketones is 1. The normalized spacial score (nSPS) is 44.2. The molecule has 152 valence electrons. The molecule has 0 saturated heterocycles. The lowest BCUT2D eigenvalue weighted by atomic mass is 9.45. The van der Waals surface area contributed by atoms with Crippen molar-refractivity contribution < 1.29 is 4.79 Å². The largest absolute Gasteiger partial charge is 0.294 e. The van der Waals surface area contributed by atoms with Crippen molar-refractivity contribution in [1.82, 2.24) is 9.78 Å². The summed E-state index contributed by atoms with van der Waals surface area (Å²) in [5.74, 6) is 3.52. The molecular formula is C25H36N2O. The number of hydrogen-bond acceptors (Lipinski definition) is 2. The van der Waals surface area contributed by atoms with Gasteiger partial charge in [-0.15, -0.1) is 0 Å². The number of aromatic nitrogens is 2. The zero-order valence-corrected chi connectivity index (χ0v) is 17.9. The van der Waals surface area contributed by atoms with Crippen molar-refractivity contribution >= 4 is 11.9 Å². The average Bonchev–Trinajstić information content (AvgIpc) is 3.25. The summed E-state index contributed by atoms with van der Waals surface area (Å²) >= 11 is 0. The Morgan fingerprint density at radius 1 is 1.14 bits per heavy atom. The Morgan fingerprint density at radius 2 is 2.00 bits per heavy atom. The van der Waals surface area contributed by atoms with E-state index in [9.17, 15) is 4.79 Å². The van der Waals surface area contributed by atoms with Gasteiger partial charge in [-0.2, -0.15) is 5.10 Å². The first kappa shape index (κ1) is 18.6. The van der Waals surface area contributed by atoms with Crippen LogP contribution in [0.4, 0.5) is 0 Å². The fraction of sp³-hybridized carbons (Fsp3) is 0.760. The second-order valence-electron chi connectivity index (χ2n) is 10.7. The summed E-state index contributed by atoms with van der Waals surface area (Å²) in [5.41, 5.74) is 2.41. The van der Waals surface area contributed by atoms with Crippen LogP contribution in [0.25, 0.3) is 6.08 Å². The van der Waals surface area contributed by atoms with Crippen LogP contribution in [-0.2, 0) is 11.3 Å². The van der Waals surface area contributed by atoms with Crippen LogP contribution in [0.2, 0.25) is 0 Å². The number of fused-ring (bicyclic) bond motifs is 5. The second-order valence-corrected chi connectivity index (χ2v) is 10.7. The van der Waals surface area contributed by atoms with E-state index >= 15 is 0 Å². The summed E-state index contributed by atoms with van der Waals surface area (Å²) in [6.07, 6.45) is 16.0. The molecule has 0 radical (unpaired) electrons. The SMILES string of the molecule is CCn1ccc(/C=C2\C[C@@H]3[C@H]4CC[C@@H]5CCCC[C@]5(C)[C@@H]4CC[C@]3(C)C2=O)n1. The molecule has 5 rings (SSSR count). The maximum Gasteiger partial charge on any atom is 0.165 e. The molecule has 1 heterocycles. The third-order valence-electron chi connectivity index (χ3n) is 9.53. The molecule has 1 aromatic rings. The fourth-order valence-corrected chi connectivity index (χ4v) is 7.90.